The first-order valence-electron chi connectivity index (χ1n) is 3.25. The van der Waals surface area contributed by atoms with Gasteiger partial charge in [-0.05, 0) is 0 Å². The predicted octanol–water partition coefficient (Wildman–Crippen LogP) is 1.09. The number of hydrogen-bond donors (Lipinski definition) is 2. The van der Waals surface area contributed by atoms with Gasteiger partial charge in [0.25, 0.3) is 0 Å². The van der Waals surface area contributed by atoms with Crippen LogP contribution in [-0.4, -0.2) is 17.2 Å². The summed E-state index contributed by atoms with van der Waals surface area (Å²) in [6.07, 6.45) is 0. The zero-order valence-corrected chi connectivity index (χ0v) is 7.87. The first-order valence-corrected chi connectivity index (χ1v) is 4.01. The topological polar surface area (TPSA) is 40.5 Å². The summed E-state index contributed by atoms with van der Waals surface area (Å²) in [5.41, 5.74) is -0.990. The Hall–Kier alpha value is -0.425. The molecule has 0 atom stereocenters. The molecule has 0 amide bonds. The van der Waals surface area contributed by atoms with Crippen molar-refractivity contribution in [3.63, 3.8) is 0 Å². The molecule has 0 spiro atoms. The molecule has 0 heterocycles. The largest absolute Gasteiger partial charge is 0.493 e. The van der Waals surface area contributed by atoms with Crippen molar-refractivity contribution in [1.82, 2.24) is 0 Å². The van der Waals surface area contributed by atoms with Crippen LogP contribution in [0.1, 0.15) is 0 Å². The molecule has 0 aliphatic carbocycles. The molecule has 76 valence electrons. The van der Waals surface area contributed by atoms with E-state index in [9.17, 15) is 13.2 Å². The normalized spacial score (nSPS) is 10.5. The van der Waals surface area contributed by atoms with Gasteiger partial charge < -0.3 is 10.0 Å². The Balaban J connectivity index is 3.60. The van der Waals surface area contributed by atoms with E-state index < -0.39 is 40.1 Å². The van der Waals surface area contributed by atoms with Crippen LogP contribution in [0.4, 0.5) is 13.2 Å². The van der Waals surface area contributed by atoms with Gasteiger partial charge in [0.1, 0.15) is 0 Å². The van der Waals surface area contributed by atoms with E-state index in [4.69, 9.17) is 33.2 Å². The maximum Gasteiger partial charge on any atom is 0.493 e. The Bertz CT molecular complexity index is 357. The van der Waals surface area contributed by atoms with Crippen LogP contribution in [0.5, 0.6) is 0 Å². The van der Waals surface area contributed by atoms with Gasteiger partial charge in [-0.3, -0.25) is 0 Å². The highest BCUT2D eigenvalue weighted by atomic mass is 35.5. The van der Waals surface area contributed by atoms with Crippen LogP contribution in [0.2, 0.25) is 10.0 Å². The predicted molar refractivity (Wildman–Crippen MR) is 46.2 cm³/mol. The van der Waals surface area contributed by atoms with Crippen LogP contribution < -0.4 is 5.46 Å². The first kappa shape index (κ1) is 11.6. The van der Waals surface area contributed by atoms with Gasteiger partial charge in [0, 0.05) is 5.46 Å². The minimum Gasteiger partial charge on any atom is -0.423 e. The monoisotopic (exact) mass is 244 g/mol. The number of benzene rings is 1. The molecule has 2 nitrogen and oxygen atoms in total. The van der Waals surface area contributed by atoms with E-state index in [0.717, 1.165) is 0 Å². The van der Waals surface area contributed by atoms with Crippen LogP contribution in [0.15, 0.2) is 0 Å². The Morgan fingerprint density at radius 1 is 0.857 bits per heavy atom. The summed E-state index contributed by atoms with van der Waals surface area (Å²) in [4.78, 5) is 0. The van der Waals surface area contributed by atoms with Crippen molar-refractivity contribution in [2.45, 2.75) is 0 Å². The van der Waals surface area contributed by atoms with Gasteiger partial charge in [0.15, 0.2) is 17.5 Å². The smallest absolute Gasteiger partial charge is 0.423 e. The molecule has 0 bridgehead atoms. The molecule has 2 N–H and O–H groups in total. The van der Waals surface area contributed by atoms with Crippen LogP contribution in [-0.2, 0) is 0 Å². The molecule has 1 aromatic carbocycles. The van der Waals surface area contributed by atoms with E-state index in [1.54, 1.807) is 0 Å². The summed E-state index contributed by atoms with van der Waals surface area (Å²) in [6.45, 7) is 0. The van der Waals surface area contributed by atoms with Crippen molar-refractivity contribution < 1.29 is 23.2 Å². The van der Waals surface area contributed by atoms with Gasteiger partial charge in [0.05, 0.1) is 10.0 Å². The Morgan fingerprint density at radius 3 is 1.79 bits per heavy atom. The fraction of sp³-hybridized carbons (Fsp3) is 0. The second kappa shape index (κ2) is 3.98. The zero-order chi connectivity index (χ0) is 11.0. The highest BCUT2D eigenvalue weighted by Crippen LogP contribution is 2.27. The first-order chi connectivity index (χ1) is 6.37. The molecular weight excluding hydrogens is 243 g/mol. The molecule has 0 saturated carbocycles. The number of hydrogen-bond acceptors (Lipinski definition) is 2. The molecule has 0 saturated heterocycles. The molecule has 1 rings (SSSR count). The lowest BCUT2D eigenvalue weighted by Crippen LogP contribution is -2.35. The maximum atomic E-state index is 12.9. The average molecular weight is 245 g/mol. The van der Waals surface area contributed by atoms with Gasteiger partial charge in [-0.25, -0.2) is 13.2 Å². The highest BCUT2D eigenvalue weighted by molar-refractivity contribution is 6.64. The molecule has 0 fully saturated rings. The molecule has 0 aliphatic rings. The van der Waals surface area contributed by atoms with E-state index >= 15 is 0 Å². The zero-order valence-electron chi connectivity index (χ0n) is 6.36. The molecule has 0 aliphatic heterocycles. The van der Waals surface area contributed by atoms with Gasteiger partial charge >= 0.3 is 7.12 Å². The fourth-order valence-electron chi connectivity index (χ4n) is 0.849. The third kappa shape index (κ3) is 1.70. The van der Waals surface area contributed by atoms with E-state index in [0.29, 0.717) is 0 Å². The van der Waals surface area contributed by atoms with Crippen LogP contribution in [0.3, 0.4) is 0 Å². The van der Waals surface area contributed by atoms with Crippen molar-refractivity contribution in [2.75, 3.05) is 0 Å². The van der Waals surface area contributed by atoms with Crippen LogP contribution in [0.25, 0.3) is 0 Å². The summed E-state index contributed by atoms with van der Waals surface area (Å²) in [7, 11) is -2.37. The number of halogens is 5. The molecule has 8 heteroatoms. The molecular formula is C6H2BCl2F3O2. The fourth-order valence-corrected chi connectivity index (χ4v) is 1.30. The SMILES string of the molecule is OB(O)c1c(F)c(F)c(F)c(Cl)c1Cl. The van der Waals surface area contributed by atoms with E-state index in [-0.39, 0.29) is 0 Å². The summed E-state index contributed by atoms with van der Waals surface area (Å²) in [6, 6.07) is 0. The van der Waals surface area contributed by atoms with Gasteiger partial charge in [-0.2, -0.15) is 0 Å². The third-order valence-electron chi connectivity index (χ3n) is 1.50. The lowest BCUT2D eigenvalue weighted by molar-refractivity contribution is 0.415. The Kier molecular flexibility index (Phi) is 3.31. The maximum absolute atomic E-state index is 12.9. The summed E-state index contributed by atoms with van der Waals surface area (Å²) < 4.78 is 38.3. The van der Waals surface area contributed by atoms with Gasteiger partial charge in [-0.1, -0.05) is 23.2 Å². The molecule has 14 heavy (non-hydrogen) atoms. The van der Waals surface area contributed by atoms with E-state index in [1.165, 1.54) is 0 Å². The van der Waals surface area contributed by atoms with Crippen molar-refractivity contribution in [2.24, 2.45) is 0 Å². The minimum atomic E-state index is -2.37. The Morgan fingerprint density at radius 2 is 1.36 bits per heavy atom. The van der Waals surface area contributed by atoms with Crippen molar-refractivity contribution in [3.05, 3.63) is 27.5 Å². The quantitative estimate of drug-likeness (QED) is 0.441. The second-order valence-corrected chi connectivity index (χ2v) is 3.11. The van der Waals surface area contributed by atoms with Gasteiger partial charge in [0.2, 0.25) is 0 Å². The van der Waals surface area contributed by atoms with E-state index in [1.807, 2.05) is 0 Å². The summed E-state index contributed by atoms with van der Waals surface area (Å²) in [5.74, 6) is -5.34. The third-order valence-corrected chi connectivity index (χ3v) is 2.35. The number of rotatable bonds is 1. The lowest BCUT2D eigenvalue weighted by Gasteiger charge is -2.08. The van der Waals surface area contributed by atoms with Crippen molar-refractivity contribution >= 4 is 35.8 Å². The Labute approximate surface area is 87.0 Å². The standard InChI is InChI=1S/C6H2BCl2F3O2/c8-2-1(7(13)14)4(10)6(12)5(11)3(2)9/h13-14H. The summed E-state index contributed by atoms with van der Waals surface area (Å²) >= 11 is 10.4. The highest BCUT2D eigenvalue weighted by Gasteiger charge is 2.29. The molecule has 1 aromatic rings. The van der Waals surface area contributed by atoms with Crippen LogP contribution in [0, 0.1) is 17.5 Å². The summed E-state index contributed by atoms with van der Waals surface area (Å²) in [5, 5.41) is 15.6. The second-order valence-electron chi connectivity index (χ2n) is 2.36. The van der Waals surface area contributed by atoms with E-state index in [2.05, 4.69) is 0 Å². The lowest BCUT2D eigenvalue weighted by atomic mass is 9.79. The molecule has 0 radical (unpaired) electrons. The van der Waals surface area contributed by atoms with Gasteiger partial charge in [-0.15, -0.1) is 0 Å². The van der Waals surface area contributed by atoms with Crippen LogP contribution >= 0.6 is 23.2 Å². The van der Waals surface area contributed by atoms with Crippen molar-refractivity contribution in [3.8, 4) is 0 Å². The molecule has 0 unspecified atom stereocenters. The molecule has 0 aromatic heterocycles. The van der Waals surface area contributed by atoms with Crippen molar-refractivity contribution in [1.29, 1.82) is 0 Å². The average Bonchev–Trinajstić information content (AvgIpc) is 2.11. The minimum absolute atomic E-state index is 0.766.